The highest BCUT2D eigenvalue weighted by Gasteiger charge is 2.26. The molecule has 0 aliphatic carbocycles. The minimum atomic E-state index is -0.561. The summed E-state index contributed by atoms with van der Waals surface area (Å²) in [5.41, 5.74) is 3.00. The smallest absolute Gasteiger partial charge is 0.242 e. The van der Waals surface area contributed by atoms with Crippen LogP contribution in [0.4, 0.5) is 0 Å². The molecule has 0 spiro atoms. The highest BCUT2D eigenvalue weighted by atomic mass is 35.5. The average Bonchev–Trinajstić information content (AvgIpc) is 2.67. The number of hydrogen-bond donors (Lipinski definition) is 1. The second-order valence-electron chi connectivity index (χ2n) is 7.31. The Morgan fingerprint density at radius 3 is 2.36 bits per heavy atom. The zero-order valence-electron chi connectivity index (χ0n) is 17.0. The Labute approximate surface area is 172 Å². The van der Waals surface area contributed by atoms with E-state index < -0.39 is 6.04 Å². The zero-order valence-corrected chi connectivity index (χ0v) is 17.8. The zero-order chi connectivity index (χ0) is 20.7. The monoisotopic (exact) mass is 400 g/mol. The van der Waals surface area contributed by atoms with Crippen molar-refractivity contribution < 1.29 is 9.59 Å². The molecule has 0 radical (unpaired) electrons. The maximum atomic E-state index is 13.1. The Morgan fingerprint density at radius 2 is 1.75 bits per heavy atom. The molecule has 4 nitrogen and oxygen atoms in total. The van der Waals surface area contributed by atoms with E-state index in [0.29, 0.717) is 11.6 Å². The number of rotatable bonds is 8. The van der Waals surface area contributed by atoms with E-state index >= 15 is 0 Å². The summed E-state index contributed by atoms with van der Waals surface area (Å²) in [6.45, 7) is 8.18. The van der Waals surface area contributed by atoms with Gasteiger partial charge in [0.15, 0.2) is 0 Å². The molecule has 0 aromatic heterocycles. The van der Waals surface area contributed by atoms with Crippen LogP contribution < -0.4 is 5.32 Å². The van der Waals surface area contributed by atoms with Gasteiger partial charge < -0.3 is 10.2 Å². The van der Waals surface area contributed by atoms with Crippen molar-refractivity contribution in [1.29, 1.82) is 0 Å². The number of benzene rings is 2. The quantitative estimate of drug-likeness (QED) is 0.708. The van der Waals surface area contributed by atoms with Crippen LogP contribution in [0, 0.1) is 6.92 Å². The molecule has 2 amide bonds. The van der Waals surface area contributed by atoms with Crippen LogP contribution >= 0.6 is 11.6 Å². The van der Waals surface area contributed by atoms with Crippen molar-refractivity contribution in [3.8, 4) is 0 Å². The molecule has 0 aliphatic heterocycles. The van der Waals surface area contributed by atoms with Gasteiger partial charge in [0.1, 0.15) is 6.04 Å². The Balaban J connectivity index is 2.22. The lowest BCUT2D eigenvalue weighted by Crippen LogP contribution is -2.49. The van der Waals surface area contributed by atoms with Gasteiger partial charge in [-0.3, -0.25) is 9.59 Å². The van der Waals surface area contributed by atoms with Gasteiger partial charge >= 0.3 is 0 Å². The summed E-state index contributed by atoms with van der Waals surface area (Å²) in [6, 6.07) is 14.7. The standard InChI is InChI=1S/C23H29ClN2O2/c1-5-17(3)25-23(28)18(4)26(15-20-8-6-7-16(2)13-20)22(27)14-19-9-11-21(24)12-10-19/h6-13,17-18H,5,14-15H2,1-4H3,(H,25,28)/t17-,18+/m1/s1. The number of hydrogen-bond acceptors (Lipinski definition) is 2. The van der Waals surface area contributed by atoms with E-state index in [0.717, 1.165) is 23.1 Å². The minimum absolute atomic E-state index is 0.0714. The molecule has 2 atom stereocenters. The molecule has 2 aromatic carbocycles. The van der Waals surface area contributed by atoms with Gasteiger partial charge in [-0.2, -0.15) is 0 Å². The molecule has 28 heavy (non-hydrogen) atoms. The second kappa shape index (κ2) is 10.3. The molecule has 0 bridgehead atoms. The van der Waals surface area contributed by atoms with E-state index in [1.54, 1.807) is 24.0 Å². The SMILES string of the molecule is CC[C@@H](C)NC(=O)[C@H](C)N(Cc1cccc(C)c1)C(=O)Cc1ccc(Cl)cc1. The predicted molar refractivity (Wildman–Crippen MR) is 114 cm³/mol. The summed E-state index contributed by atoms with van der Waals surface area (Å²) < 4.78 is 0. The van der Waals surface area contributed by atoms with Crippen molar-refractivity contribution >= 4 is 23.4 Å². The van der Waals surface area contributed by atoms with E-state index in [2.05, 4.69) is 5.32 Å². The number of nitrogens with zero attached hydrogens (tertiary/aromatic N) is 1. The van der Waals surface area contributed by atoms with Crippen LogP contribution in [0.1, 0.15) is 43.9 Å². The molecular formula is C23H29ClN2O2. The maximum Gasteiger partial charge on any atom is 0.242 e. The van der Waals surface area contributed by atoms with Crippen LogP contribution in [0.5, 0.6) is 0 Å². The third kappa shape index (κ3) is 6.38. The number of nitrogens with one attached hydrogen (secondary N) is 1. The average molecular weight is 401 g/mol. The van der Waals surface area contributed by atoms with Crippen molar-refractivity contribution in [2.45, 2.75) is 59.2 Å². The second-order valence-corrected chi connectivity index (χ2v) is 7.74. The van der Waals surface area contributed by atoms with E-state index in [4.69, 9.17) is 11.6 Å². The van der Waals surface area contributed by atoms with Crippen molar-refractivity contribution in [3.05, 3.63) is 70.2 Å². The van der Waals surface area contributed by atoms with E-state index in [9.17, 15) is 9.59 Å². The molecule has 0 unspecified atom stereocenters. The van der Waals surface area contributed by atoms with Gasteiger partial charge in [-0.05, 0) is 50.5 Å². The van der Waals surface area contributed by atoms with Gasteiger partial charge in [0, 0.05) is 17.6 Å². The number of carbonyl (C=O) groups excluding carboxylic acids is 2. The third-order valence-electron chi connectivity index (χ3n) is 4.87. The van der Waals surface area contributed by atoms with Crippen molar-refractivity contribution in [2.75, 3.05) is 0 Å². The van der Waals surface area contributed by atoms with Crippen LogP contribution in [-0.4, -0.2) is 28.8 Å². The largest absolute Gasteiger partial charge is 0.352 e. The lowest BCUT2D eigenvalue weighted by molar-refractivity contribution is -0.140. The first-order valence-electron chi connectivity index (χ1n) is 9.70. The van der Waals surface area contributed by atoms with Crippen molar-refractivity contribution in [2.24, 2.45) is 0 Å². The van der Waals surface area contributed by atoms with Crippen LogP contribution in [0.3, 0.4) is 0 Å². The van der Waals surface area contributed by atoms with Crippen LogP contribution in [0.15, 0.2) is 48.5 Å². The van der Waals surface area contributed by atoms with Gasteiger partial charge in [0.2, 0.25) is 11.8 Å². The first-order valence-corrected chi connectivity index (χ1v) is 10.1. The highest BCUT2D eigenvalue weighted by molar-refractivity contribution is 6.30. The normalized spacial score (nSPS) is 12.9. The summed E-state index contributed by atoms with van der Waals surface area (Å²) in [6.07, 6.45) is 1.07. The molecule has 2 aromatic rings. The van der Waals surface area contributed by atoms with E-state index in [1.165, 1.54) is 0 Å². The molecule has 0 saturated carbocycles. The minimum Gasteiger partial charge on any atom is -0.352 e. The first kappa shape index (κ1) is 22.0. The number of halogens is 1. The Kier molecular flexibility index (Phi) is 8.06. The Morgan fingerprint density at radius 1 is 1.07 bits per heavy atom. The van der Waals surface area contributed by atoms with Crippen LogP contribution in [0.25, 0.3) is 0 Å². The van der Waals surface area contributed by atoms with E-state index in [1.807, 2.05) is 57.2 Å². The molecule has 0 aliphatic rings. The van der Waals surface area contributed by atoms with Crippen LogP contribution in [0.2, 0.25) is 5.02 Å². The molecule has 2 rings (SSSR count). The molecule has 5 heteroatoms. The first-order chi connectivity index (χ1) is 13.3. The lowest BCUT2D eigenvalue weighted by atomic mass is 10.1. The number of carbonyl (C=O) groups is 2. The maximum absolute atomic E-state index is 13.1. The fourth-order valence-electron chi connectivity index (χ4n) is 2.93. The van der Waals surface area contributed by atoms with Gasteiger partial charge in [-0.1, -0.05) is 60.5 Å². The molecule has 1 N–H and O–H groups in total. The Hall–Kier alpha value is -2.33. The predicted octanol–water partition coefficient (Wildman–Crippen LogP) is 4.52. The third-order valence-corrected chi connectivity index (χ3v) is 5.12. The van der Waals surface area contributed by atoms with Crippen molar-refractivity contribution in [1.82, 2.24) is 10.2 Å². The number of amides is 2. The molecule has 150 valence electrons. The summed E-state index contributed by atoms with van der Waals surface area (Å²) >= 11 is 5.94. The fraction of sp³-hybridized carbons (Fsp3) is 0.391. The van der Waals surface area contributed by atoms with Gasteiger partial charge in [-0.25, -0.2) is 0 Å². The van der Waals surface area contributed by atoms with Gasteiger partial charge in [0.25, 0.3) is 0 Å². The summed E-state index contributed by atoms with van der Waals surface area (Å²) in [7, 11) is 0. The number of aryl methyl sites for hydroxylation is 1. The molecule has 0 fully saturated rings. The highest BCUT2D eigenvalue weighted by Crippen LogP contribution is 2.15. The molecule has 0 saturated heterocycles. The summed E-state index contributed by atoms with van der Waals surface area (Å²) in [5, 5.41) is 3.62. The van der Waals surface area contributed by atoms with Gasteiger partial charge in [-0.15, -0.1) is 0 Å². The molecule has 0 heterocycles. The topological polar surface area (TPSA) is 49.4 Å². The van der Waals surface area contributed by atoms with Crippen LogP contribution in [-0.2, 0) is 22.6 Å². The lowest BCUT2D eigenvalue weighted by Gasteiger charge is -2.30. The Bertz CT molecular complexity index is 805. The van der Waals surface area contributed by atoms with Crippen molar-refractivity contribution in [3.63, 3.8) is 0 Å². The van der Waals surface area contributed by atoms with Gasteiger partial charge in [0.05, 0.1) is 6.42 Å². The summed E-state index contributed by atoms with van der Waals surface area (Å²) in [4.78, 5) is 27.4. The summed E-state index contributed by atoms with van der Waals surface area (Å²) in [5.74, 6) is -0.220. The molecular weight excluding hydrogens is 372 g/mol. The fourth-order valence-corrected chi connectivity index (χ4v) is 3.06. The van der Waals surface area contributed by atoms with E-state index in [-0.39, 0.29) is 24.3 Å².